The third kappa shape index (κ3) is 2.55. The van der Waals surface area contributed by atoms with Crippen LogP contribution in [0.3, 0.4) is 0 Å². The Bertz CT molecular complexity index is 457. The highest BCUT2D eigenvalue weighted by atomic mass is 32.2. The fourth-order valence-electron chi connectivity index (χ4n) is 1.44. The molecule has 0 amide bonds. The Balaban J connectivity index is 2.26. The molecule has 0 radical (unpaired) electrons. The lowest BCUT2D eigenvalue weighted by Gasteiger charge is -2.06. The molecule has 1 aromatic carbocycles. The summed E-state index contributed by atoms with van der Waals surface area (Å²) in [6.07, 6.45) is 1.86. The summed E-state index contributed by atoms with van der Waals surface area (Å²) in [7, 11) is 0. The lowest BCUT2D eigenvalue weighted by atomic mass is 10.1. The van der Waals surface area contributed by atoms with E-state index in [9.17, 15) is 5.11 Å². The van der Waals surface area contributed by atoms with Gasteiger partial charge in [0.15, 0.2) is 0 Å². The average Bonchev–Trinajstić information content (AvgIpc) is 2.75. The number of thioether (sulfide) groups is 1. The van der Waals surface area contributed by atoms with E-state index < -0.39 is 0 Å². The summed E-state index contributed by atoms with van der Waals surface area (Å²) in [5, 5.41) is 16.9. The highest BCUT2D eigenvalue weighted by Crippen LogP contribution is 2.27. The second-order valence-electron chi connectivity index (χ2n) is 3.23. The van der Waals surface area contributed by atoms with Crippen LogP contribution in [-0.2, 0) is 6.42 Å². The van der Waals surface area contributed by atoms with Crippen LogP contribution in [0.25, 0.3) is 0 Å². The van der Waals surface area contributed by atoms with E-state index in [1.807, 2.05) is 6.07 Å². The topological polar surface area (TPSA) is 59.2 Å². The van der Waals surface area contributed by atoms with Crippen LogP contribution in [0.2, 0.25) is 0 Å². The SMILES string of the molecule is CCSc1ccc(O)cc1Cc1nnco1. The zero-order chi connectivity index (χ0) is 11.4. The number of nitrogens with zero attached hydrogens (tertiary/aromatic N) is 2. The van der Waals surface area contributed by atoms with Gasteiger partial charge in [0, 0.05) is 4.90 Å². The van der Waals surface area contributed by atoms with Crippen LogP contribution in [0.4, 0.5) is 0 Å². The number of rotatable bonds is 4. The van der Waals surface area contributed by atoms with E-state index in [1.165, 1.54) is 6.39 Å². The van der Waals surface area contributed by atoms with Gasteiger partial charge in [-0.3, -0.25) is 0 Å². The van der Waals surface area contributed by atoms with Gasteiger partial charge in [-0.05, 0) is 29.5 Å². The molecular formula is C11H12N2O2S. The maximum Gasteiger partial charge on any atom is 0.220 e. The van der Waals surface area contributed by atoms with Gasteiger partial charge < -0.3 is 9.52 Å². The van der Waals surface area contributed by atoms with Crippen molar-refractivity contribution in [3.05, 3.63) is 36.0 Å². The predicted octanol–water partition coefficient (Wildman–Crippen LogP) is 2.48. The lowest BCUT2D eigenvalue weighted by Crippen LogP contribution is -1.92. The first-order valence-corrected chi connectivity index (χ1v) is 5.98. The number of phenolic OH excluding ortho intramolecular Hbond substituents is 1. The zero-order valence-electron chi connectivity index (χ0n) is 8.88. The summed E-state index contributed by atoms with van der Waals surface area (Å²) in [4.78, 5) is 1.14. The van der Waals surface area contributed by atoms with E-state index >= 15 is 0 Å². The fraction of sp³-hybridized carbons (Fsp3) is 0.273. The standard InChI is InChI=1S/C11H12N2O2S/c1-2-16-10-4-3-9(14)5-8(10)6-11-13-12-7-15-11/h3-5,7,14H,2,6H2,1H3. The third-order valence-corrected chi connectivity index (χ3v) is 3.09. The minimum absolute atomic E-state index is 0.259. The Morgan fingerprint density at radius 1 is 1.44 bits per heavy atom. The molecule has 0 aliphatic rings. The summed E-state index contributed by atoms with van der Waals surface area (Å²) in [5.74, 6) is 1.81. The Morgan fingerprint density at radius 3 is 3.00 bits per heavy atom. The molecule has 2 aromatic rings. The van der Waals surface area contributed by atoms with Crippen molar-refractivity contribution >= 4 is 11.8 Å². The smallest absolute Gasteiger partial charge is 0.220 e. The second-order valence-corrected chi connectivity index (χ2v) is 4.54. The van der Waals surface area contributed by atoms with Crippen molar-refractivity contribution in [2.24, 2.45) is 0 Å². The van der Waals surface area contributed by atoms with E-state index in [0.717, 1.165) is 16.2 Å². The van der Waals surface area contributed by atoms with Gasteiger partial charge in [-0.25, -0.2) is 0 Å². The molecule has 84 valence electrons. The normalized spacial score (nSPS) is 10.6. The zero-order valence-corrected chi connectivity index (χ0v) is 9.70. The molecule has 0 saturated heterocycles. The van der Waals surface area contributed by atoms with Crippen molar-refractivity contribution in [3.8, 4) is 5.75 Å². The Kier molecular flexibility index (Phi) is 3.46. The summed E-state index contributed by atoms with van der Waals surface area (Å²) >= 11 is 1.73. The molecule has 0 bridgehead atoms. The highest BCUT2D eigenvalue weighted by molar-refractivity contribution is 7.99. The molecule has 2 rings (SSSR count). The molecule has 4 nitrogen and oxygen atoms in total. The van der Waals surface area contributed by atoms with Crippen LogP contribution in [-0.4, -0.2) is 21.1 Å². The summed E-state index contributed by atoms with van der Waals surface area (Å²) in [5.41, 5.74) is 1.01. The fourth-order valence-corrected chi connectivity index (χ4v) is 2.23. The third-order valence-electron chi connectivity index (χ3n) is 2.09. The van der Waals surface area contributed by atoms with Gasteiger partial charge in [0.2, 0.25) is 12.3 Å². The summed E-state index contributed by atoms with van der Waals surface area (Å²) < 4.78 is 5.10. The molecule has 1 N–H and O–H groups in total. The Labute approximate surface area is 97.7 Å². The van der Waals surface area contributed by atoms with Crippen molar-refractivity contribution in [2.45, 2.75) is 18.2 Å². The van der Waals surface area contributed by atoms with Gasteiger partial charge in [0.1, 0.15) is 5.75 Å². The molecule has 0 unspecified atom stereocenters. The van der Waals surface area contributed by atoms with Crippen LogP contribution in [0.15, 0.2) is 33.9 Å². The van der Waals surface area contributed by atoms with Crippen LogP contribution in [0.5, 0.6) is 5.75 Å². The number of hydrogen-bond donors (Lipinski definition) is 1. The van der Waals surface area contributed by atoms with E-state index in [2.05, 4.69) is 17.1 Å². The quantitative estimate of drug-likeness (QED) is 0.826. The molecule has 0 fully saturated rings. The van der Waals surface area contributed by atoms with Crippen molar-refractivity contribution in [1.82, 2.24) is 10.2 Å². The van der Waals surface area contributed by atoms with Crippen molar-refractivity contribution in [2.75, 3.05) is 5.75 Å². The minimum Gasteiger partial charge on any atom is -0.508 e. The number of aromatic hydroxyl groups is 1. The first-order chi connectivity index (χ1) is 7.79. The summed E-state index contributed by atoms with van der Waals surface area (Å²) in [6.45, 7) is 2.09. The van der Waals surface area contributed by atoms with Gasteiger partial charge in [-0.1, -0.05) is 6.92 Å². The second kappa shape index (κ2) is 5.03. The predicted molar refractivity (Wildman–Crippen MR) is 61.6 cm³/mol. The molecule has 0 atom stereocenters. The largest absolute Gasteiger partial charge is 0.508 e. The molecule has 1 aromatic heterocycles. The number of hydrogen-bond acceptors (Lipinski definition) is 5. The molecular weight excluding hydrogens is 224 g/mol. The van der Waals surface area contributed by atoms with Gasteiger partial charge >= 0.3 is 0 Å². The van der Waals surface area contributed by atoms with Crippen molar-refractivity contribution < 1.29 is 9.52 Å². The molecule has 0 spiro atoms. The van der Waals surface area contributed by atoms with E-state index in [0.29, 0.717) is 12.3 Å². The summed E-state index contributed by atoms with van der Waals surface area (Å²) in [6, 6.07) is 5.34. The van der Waals surface area contributed by atoms with E-state index in [-0.39, 0.29) is 5.75 Å². The van der Waals surface area contributed by atoms with Crippen LogP contribution in [0.1, 0.15) is 18.4 Å². The van der Waals surface area contributed by atoms with Gasteiger partial charge in [-0.2, -0.15) is 0 Å². The first-order valence-electron chi connectivity index (χ1n) is 4.99. The van der Waals surface area contributed by atoms with E-state index in [4.69, 9.17) is 4.42 Å². The maximum absolute atomic E-state index is 9.46. The molecule has 0 aliphatic carbocycles. The average molecular weight is 236 g/mol. The first kappa shape index (κ1) is 11.0. The molecule has 0 saturated carbocycles. The minimum atomic E-state index is 0.259. The number of aromatic nitrogens is 2. The maximum atomic E-state index is 9.46. The van der Waals surface area contributed by atoms with Gasteiger partial charge in [0.25, 0.3) is 0 Å². The Morgan fingerprint density at radius 2 is 2.31 bits per heavy atom. The van der Waals surface area contributed by atoms with Crippen molar-refractivity contribution in [3.63, 3.8) is 0 Å². The van der Waals surface area contributed by atoms with Gasteiger partial charge in [0.05, 0.1) is 6.42 Å². The monoisotopic (exact) mass is 236 g/mol. The molecule has 16 heavy (non-hydrogen) atoms. The van der Waals surface area contributed by atoms with E-state index in [1.54, 1.807) is 23.9 Å². The van der Waals surface area contributed by atoms with Gasteiger partial charge in [-0.15, -0.1) is 22.0 Å². The molecule has 0 aliphatic heterocycles. The number of phenols is 1. The van der Waals surface area contributed by atoms with Crippen molar-refractivity contribution in [1.29, 1.82) is 0 Å². The van der Waals surface area contributed by atoms with Crippen LogP contribution in [0, 0.1) is 0 Å². The Hall–Kier alpha value is -1.49. The number of benzene rings is 1. The lowest BCUT2D eigenvalue weighted by molar-refractivity contribution is 0.472. The molecule has 5 heteroatoms. The molecule has 1 heterocycles. The van der Waals surface area contributed by atoms with Crippen LogP contribution < -0.4 is 0 Å². The van der Waals surface area contributed by atoms with Crippen LogP contribution >= 0.6 is 11.8 Å². The highest BCUT2D eigenvalue weighted by Gasteiger charge is 2.08.